The van der Waals surface area contributed by atoms with E-state index in [0.29, 0.717) is 19.9 Å². The SMILES string of the molecule is C[Si](C)(C)CCOCn1c2c(c3c(Br)ccc(Br)c31)CC1(CC2)OCCO1. The summed E-state index contributed by atoms with van der Waals surface area (Å²) >= 11 is 7.55. The molecule has 4 rings (SSSR count). The molecule has 0 atom stereocenters. The van der Waals surface area contributed by atoms with Crippen molar-refractivity contribution in [3.63, 3.8) is 0 Å². The number of aromatic nitrogens is 1. The second-order valence-electron chi connectivity index (χ2n) is 8.74. The van der Waals surface area contributed by atoms with E-state index in [-0.39, 0.29) is 0 Å². The van der Waals surface area contributed by atoms with Crippen LogP contribution in [0.4, 0.5) is 0 Å². The van der Waals surface area contributed by atoms with Gasteiger partial charge in [0, 0.05) is 47.5 Å². The first-order valence-corrected chi connectivity index (χ1v) is 14.9. The van der Waals surface area contributed by atoms with Gasteiger partial charge in [-0.05, 0) is 46.1 Å². The molecular weight excluding hydrogens is 490 g/mol. The summed E-state index contributed by atoms with van der Waals surface area (Å²) in [6.45, 7) is 9.97. The van der Waals surface area contributed by atoms with Gasteiger partial charge < -0.3 is 18.8 Å². The summed E-state index contributed by atoms with van der Waals surface area (Å²) < 4.78 is 22.7. The third kappa shape index (κ3) is 3.96. The van der Waals surface area contributed by atoms with Crippen molar-refractivity contribution in [3.05, 3.63) is 32.3 Å². The molecule has 1 aromatic heterocycles. The van der Waals surface area contributed by atoms with Gasteiger partial charge in [0.15, 0.2) is 5.79 Å². The van der Waals surface area contributed by atoms with Crippen LogP contribution in [0.3, 0.4) is 0 Å². The number of rotatable bonds is 5. The first-order chi connectivity index (χ1) is 12.8. The summed E-state index contributed by atoms with van der Waals surface area (Å²) in [7, 11) is -1.09. The molecule has 0 unspecified atom stereocenters. The van der Waals surface area contributed by atoms with Crippen LogP contribution in [-0.2, 0) is 33.8 Å². The van der Waals surface area contributed by atoms with E-state index >= 15 is 0 Å². The van der Waals surface area contributed by atoms with Gasteiger partial charge in [0.25, 0.3) is 0 Å². The molecular formula is C20H27Br2NO3Si. The van der Waals surface area contributed by atoms with Crippen LogP contribution in [0.1, 0.15) is 17.7 Å². The summed E-state index contributed by atoms with van der Waals surface area (Å²) in [5.74, 6) is -0.438. The Kier molecular flexibility index (Phi) is 5.64. The van der Waals surface area contributed by atoms with E-state index in [1.54, 1.807) is 0 Å². The van der Waals surface area contributed by atoms with Crippen molar-refractivity contribution < 1.29 is 14.2 Å². The van der Waals surface area contributed by atoms with Crippen molar-refractivity contribution in [2.75, 3.05) is 19.8 Å². The van der Waals surface area contributed by atoms with E-state index in [0.717, 1.165) is 34.8 Å². The highest BCUT2D eigenvalue weighted by molar-refractivity contribution is 9.11. The molecule has 0 radical (unpaired) electrons. The third-order valence-corrected chi connectivity index (χ3v) is 8.55. The average molecular weight is 517 g/mol. The van der Waals surface area contributed by atoms with Gasteiger partial charge in [-0.3, -0.25) is 0 Å². The normalized spacial score (nSPS) is 19.1. The molecule has 4 nitrogen and oxygen atoms in total. The standard InChI is InChI=1S/C20H27Br2NO3Si/c1-27(2,3)11-10-24-13-23-17-6-7-20(25-8-9-26-20)12-14(17)18-15(21)4-5-16(22)19(18)23/h4-5H,6-13H2,1-3H3. The first kappa shape index (κ1) is 20.1. The maximum absolute atomic E-state index is 6.14. The van der Waals surface area contributed by atoms with Crippen molar-refractivity contribution in [2.24, 2.45) is 0 Å². The lowest BCUT2D eigenvalue weighted by Gasteiger charge is -2.32. The quantitative estimate of drug-likeness (QED) is 0.377. The summed E-state index contributed by atoms with van der Waals surface area (Å²) in [5.41, 5.74) is 3.90. The molecule has 1 saturated heterocycles. The summed E-state index contributed by atoms with van der Waals surface area (Å²) in [6.07, 6.45) is 2.65. The topological polar surface area (TPSA) is 32.6 Å². The highest BCUT2D eigenvalue weighted by Crippen LogP contribution is 2.44. The van der Waals surface area contributed by atoms with Crippen molar-refractivity contribution in [3.8, 4) is 0 Å². The van der Waals surface area contributed by atoms with E-state index in [2.05, 4.69) is 68.2 Å². The Morgan fingerprint density at radius 1 is 1.15 bits per heavy atom. The zero-order valence-electron chi connectivity index (χ0n) is 16.2. The molecule has 27 heavy (non-hydrogen) atoms. The molecule has 0 bridgehead atoms. The number of hydrogen-bond acceptors (Lipinski definition) is 3. The second kappa shape index (κ2) is 7.57. The van der Waals surface area contributed by atoms with Crippen LogP contribution in [0.2, 0.25) is 25.7 Å². The fraction of sp³-hybridized carbons (Fsp3) is 0.600. The largest absolute Gasteiger partial charge is 0.361 e. The zero-order chi connectivity index (χ0) is 19.2. The molecule has 7 heteroatoms. The summed E-state index contributed by atoms with van der Waals surface area (Å²) in [5, 5.41) is 1.26. The molecule has 2 aromatic rings. The Balaban J connectivity index is 1.70. The van der Waals surface area contributed by atoms with Gasteiger partial charge in [-0.25, -0.2) is 0 Å². The average Bonchev–Trinajstić information content (AvgIpc) is 3.18. The van der Waals surface area contributed by atoms with Gasteiger partial charge in [-0.2, -0.15) is 0 Å². The fourth-order valence-corrected chi connectivity index (χ4v) is 5.96. The predicted octanol–water partition coefficient (Wildman–Crippen LogP) is 5.71. The lowest BCUT2D eigenvalue weighted by Crippen LogP contribution is -2.37. The Morgan fingerprint density at radius 2 is 1.85 bits per heavy atom. The smallest absolute Gasteiger partial charge is 0.172 e. The van der Waals surface area contributed by atoms with Gasteiger partial charge in [0.1, 0.15) is 6.73 Å². The Hall–Kier alpha value is -0.183. The number of halogens is 2. The lowest BCUT2D eigenvalue weighted by atomic mass is 9.90. The van der Waals surface area contributed by atoms with Crippen LogP contribution in [0.25, 0.3) is 10.9 Å². The fourth-order valence-electron chi connectivity index (χ4n) is 4.10. The molecule has 1 aliphatic carbocycles. The summed E-state index contributed by atoms with van der Waals surface area (Å²) in [6, 6.07) is 5.40. The van der Waals surface area contributed by atoms with Crippen LogP contribution in [0.5, 0.6) is 0 Å². The van der Waals surface area contributed by atoms with E-state index in [4.69, 9.17) is 14.2 Å². The monoisotopic (exact) mass is 515 g/mol. The highest BCUT2D eigenvalue weighted by Gasteiger charge is 2.42. The maximum Gasteiger partial charge on any atom is 0.172 e. The van der Waals surface area contributed by atoms with E-state index in [1.807, 2.05) is 0 Å². The lowest BCUT2D eigenvalue weighted by molar-refractivity contribution is -0.164. The predicted molar refractivity (Wildman–Crippen MR) is 118 cm³/mol. The number of ether oxygens (including phenoxy) is 3. The molecule has 0 amide bonds. The van der Waals surface area contributed by atoms with Crippen molar-refractivity contribution in [1.29, 1.82) is 0 Å². The van der Waals surface area contributed by atoms with Crippen LogP contribution in [0.15, 0.2) is 21.1 Å². The molecule has 2 heterocycles. The molecule has 2 aliphatic rings. The Morgan fingerprint density at radius 3 is 2.56 bits per heavy atom. The molecule has 1 spiro atoms. The van der Waals surface area contributed by atoms with Crippen molar-refractivity contribution >= 4 is 50.8 Å². The van der Waals surface area contributed by atoms with Gasteiger partial charge in [-0.1, -0.05) is 35.6 Å². The third-order valence-electron chi connectivity index (χ3n) is 5.54. The molecule has 1 aliphatic heterocycles. The summed E-state index contributed by atoms with van der Waals surface area (Å²) in [4.78, 5) is 0. The van der Waals surface area contributed by atoms with Crippen LogP contribution >= 0.6 is 31.9 Å². The van der Waals surface area contributed by atoms with Crippen LogP contribution in [0, 0.1) is 0 Å². The van der Waals surface area contributed by atoms with Crippen molar-refractivity contribution in [1.82, 2.24) is 4.57 Å². The van der Waals surface area contributed by atoms with Gasteiger partial charge in [-0.15, -0.1) is 0 Å². The number of nitrogens with zero attached hydrogens (tertiary/aromatic N) is 1. The minimum absolute atomic E-state index is 0.438. The minimum atomic E-state index is -1.09. The van der Waals surface area contributed by atoms with Crippen LogP contribution < -0.4 is 0 Å². The first-order valence-electron chi connectivity index (χ1n) is 9.63. The Labute approximate surface area is 178 Å². The molecule has 148 valence electrons. The van der Waals surface area contributed by atoms with Crippen LogP contribution in [-0.4, -0.2) is 38.2 Å². The minimum Gasteiger partial charge on any atom is -0.361 e. The number of fused-ring (bicyclic) bond motifs is 3. The van der Waals surface area contributed by atoms with Gasteiger partial charge in [0.2, 0.25) is 0 Å². The van der Waals surface area contributed by atoms with Gasteiger partial charge >= 0.3 is 0 Å². The maximum atomic E-state index is 6.14. The molecule has 0 saturated carbocycles. The zero-order valence-corrected chi connectivity index (χ0v) is 20.4. The van der Waals surface area contributed by atoms with E-state index in [1.165, 1.54) is 28.2 Å². The second-order valence-corrected chi connectivity index (χ2v) is 16.1. The number of benzene rings is 1. The van der Waals surface area contributed by atoms with Crippen molar-refractivity contribution in [2.45, 2.75) is 57.5 Å². The van der Waals surface area contributed by atoms with E-state index in [9.17, 15) is 0 Å². The Bertz CT molecular complexity index is 853. The molecule has 0 N–H and O–H groups in total. The molecule has 1 fully saturated rings. The molecule has 1 aromatic carbocycles. The number of hydrogen-bond donors (Lipinski definition) is 0. The van der Waals surface area contributed by atoms with E-state index < -0.39 is 13.9 Å². The highest BCUT2D eigenvalue weighted by atomic mass is 79.9. The van der Waals surface area contributed by atoms with Gasteiger partial charge in [0.05, 0.1) is 18.7 Å².